The maximum absolute atomic E-state index is 12.5. The van der Waals surface area contributed by atoms with E-state index in [1.165, 1.54) is 11.1 Å². The summed E-state index contributed by atoms with van der Waals surface area (Å²) in [6.45, 7) is 6.77. The van der Waals surface area contributed by atoms with Crippen LogP contribution in [0.2, 0.25) is 0 Å². The molecule has 0 aliphatic carbocycles. The van der Waals surface area contributed by atoms with Crippen LogP contribution < -0.4 is 5.32 Å². The van der Waals surface area contributed by atoms with Crippen molar-refractivity contribution < 1.29 is 9.53 Å². The number of rotatable bonds is 5. The number of anilines is 2. The largest absolute Gasteiger partial charge is 0.378 e. The highest BCUT2D eigenvalue weighted by Crippen LogP contribution is 2.22. The van der Waals surface area contributed by atoms with Gasteiger partial charge < -0.3 is 19.5 Å². The first-order valence-corrected chi connectivity index (χ1v) is 11.2. The smallest absolute Gasteiger partial charge is 0.229 e. The molecule has 1 aliphatic heterocycles. The molecule has 1 N–H and O–H groups in total. The van der Waals surface area contributed by atoms with Gasteiger partial charge in [-0.2, -0.15) is 4.98 Å². The molecule has 0 spiro atoms. The van der Waals surface area contributed by atoms with Crippen LogP contribution >= 0.6 is 0 Å². The quantitative estimate of drug-likeness (QED) is 0.503. The first kappa shape index (κ1) is 21.2. The molecule has 33 heavy (non-hydrogen) atoms. The molecule has 1 aliphatic rings. The molecule has 1 saturated heterocycles. The van der Waals surface area contributed by atoms with Crippen LogP contribution in [0.1, 0.15) is 16.7 Å². The second kappa shape index (κ2) is 9.03. The lowest BCUT2D eigenvalue weighted by Gasteiger charge is -2.26. The van der Waals surface area contributed by atoms with Gasteiger partial charge in [-0.15, -0.1) is 0 Å². The zero-order valence-corrected chi connectivity index (χ0v) is 18.9. The number of morpholine rings is 1. The third kappa shape index (κ3) is 4.59. The zero-order valence-electron chi connectivity index (χ0n) is 18.9. The lowest BCUT2D eigenvalue weighted by atomic mass is 10.1. The summed E-state index contributed by atoms with van der Waals surface area (Å²) in [5.74, 6) is 0.700. The monoisotopic (exact) mass is 441 g/mol. The predicted molar refractivity (Wildman–Crippen MR) is 129 cm³/mol. The van der Waals surface area contributed by atoms with Crippen molar-refractivity contribution in [1.29, 1.82) is 0 Å². The molecule has 3 heterocycles. The molecule has 0 radical (unpaired) electrons. The van der Waals surface area contributed by atoms with Gasteiger partial charge in [-0.05, 0) is 60.9 Å². The van der Waals surface area contributed by atoms with Gasteiger partial charge in [-0.3, -0.25) is 4.79 Å². The van der Waals surface area contributed by atoms with Crippen LogP contribution in [-0.4, -0.2) is 51.6 Å². The SMILES string of the molecule is Cc1ccc(Nc2ncc3ccn(-c4ccc(CC(=O)N5CCOCC5)cc4)c3n2)cc1C. The first-order chi connectivity index (χ1) is 16.1. The topological polar surface area (TPSA) is 72.3 Å². The molecular formula is C26H27N5O2. The van der Waals surface area contributed by atoms with E-state index in [1.807, 2.05) is 58.3 Å². The Kier molecular flexibility index (Phi) is 5.79. The Bertz CT molecular complexity index is 1290. The standard InChI is InChI=1S/C26H27N5O2/c1-18-3-6-22(15-19(18)2)28-26-27-17-21-9-10-31(25(21)29-26)23-7-4-20(5-8-23)16-24(32)30-11-13-33-14-12-30/h3-10,15,17H,11-14,16H2,1-2H3,(H,27,28,29). The van der Waals surface area contributed by atoms with Crippen molar-refractivity contribution >= 4 is 28.6 Å². The number of ether oxygens (including phenoxy) is 1. The number of carbonyl (C=O) groups is 1. The molecule has 2 aromatic heterocycles. The zero-order chi connectivity index (χ0) is 22.8. The van der Waals surface area contributed by atoms with Gasteiger partial charge in [0.1, 0.15) is 5.65 Å². The van der Waals surface area contributed by atoms with Crippen LogP contribution in [0.3, 0.4) is 0 Å². The third-order valence-electron chi connectivity index (χ3n) is 6.12. The molecule has 0 saturated carbocycles. The number of nitrogens with one attached hydrogen (secondary N) is 1. The molecular weight excluding hydrogens is 414 g/mol. The van der Waals surface area contributed by atoms with Crippen molar-refractivity contribution in [2.75, 3.05) is 31.6 Å². The van der Waals surface area contributed by atoms with Gasteiger partial charge in [0.25, 0.3) is 0 Å². The number of aryl methyl sites for hydroxylation is 2. The number of aromatic nitrogens is 3. The Morgan fingerprint density at radius 2 is 1.82 bits per heavy atom. The predicted octanol–water partition coefficient (Wildman–Crippen LogP) is 4.18. The molecule has 1 fully saturated rings. The fourth-order valence-electron chi connectivity index (χ4n) is 4.01. The van der Waals surface area contributed by atoms with E-state index in [0.29, 0.717) is 38.7 Å². The Morgan fingerprint density at radius 1 is 1.03 bits per heavy atom. The summed E-state index contributed by atoms with van der Waals surface area (Å²) in [5.41, 5.74) is 6.25. The lowest BCUT2D eigenvalue weighted by molar-refractivity contribution is -0.134. The van der Waals surface area contributed by atoms with Crippen LogP contribution in [0, 0.1) is 13.8 Å². The average molecular weight is 442 g/mol. The number of hydrogen-bond acceptors (Lipinski definition) is 5. The summed E-state index contributed by atoms with van der Waals surface area (Å²) in [6, 6.07) is 16.3. The fraction of sp³-hybridized carbons (Fsp3) is 0.269. The summed E-state index contributed by atoms with van der Waals surface area (Å²) in [5, 5.41) is 4.27. The number of fused-ring (bicyclic) bond motifs is 1. The molecule has 0 unspecified atom stereocenters. The Hall–Kier alpha value is -3.71. The molecule has 2 aromatic carbocycles. The van der Waals surface area contributed by atoms with Gasteiger partial charge >= 0.3 is 0 Å². The highest BCUT2D eigenvalue weighted by atomic mass is 16.5. The molecule has 5 rings (SSSR count). The van der Waals surface area contributed by atoms with E-state index < -0.39 is 0 Å². The van der Waals surface area contributed by atoms with E-state index in [0.717, 1.165) is 28.0 Å². The molecule has 4 aromatic rings. The van der Waals surface area contributed by atoms with Crippen LogP contribution in [0.15, 0.2) is 60.9 Å². The molecule has 168 valence electrons. The number of benzene rings is 2. The van der Waals surface area contributed by atoms with E-state index in [9.17, 15) is 4.79 Å². The molecule has 1 amide bonds. The average Bonchev–Trinajstić information content (AvgIpc) is 3.26. The molecule has 7 nitrogen and oxygen atoms in total. The minimum atomic E-state index is 0.146. The van der Waals surface area contributed by atoms with E-state index >= 15 is 0 Å². The molecule has 7 heteroatoms. The molecule has 0 atom stereocenters. The third-order valence-corrected chi connectivity index (χ3v) is 6.12. The number of carbonyl (C=O) groups excluding carboxylic acids is 1. The minimum Gasteiger partial charge on any atom is -0.378 e. The maximum atomic E-state index is 12.5. The van der Waals surface area contributed by atoms with Crippen molar-refractivity contribution in [2.45, 2.75) is 20.3 Å². The Balaban J connectivity index is 1.35. The van der Waals surface area contributed by atoms with E-state index in [1.54, 1.807) is 0 Å². The second-order valence-electron chi connectivity index (χ2n) is 8.42. The van der Waals surface area contributed by atoms with Gasteiger partial charge in [0, 0.05) is 42.2 Å². The number of nitrogens with zero attached hydrogens (tertiary/aromatic N) is 4. The number of hydrogen-bond donors (Lipinski definition) is 1. The van der Waals surface area contributed by atoms with Gasteiger partial charge in [0.2, 0.25) is 11.9 Å². The lowest BCUT2D eigenvalue weighted by Crippen LogP contribution is -2.41. The summed E-state index contributed by atoms with van der Waals surface area (Å²) in [7, 11) is 0. The van der Waals surface area contributed by atoms with Gasteiger partial charge in [0.15, 0.2) is 0 Å². The van der Waals surface area contributed by atoms with Crippen LogP contribution in [0.4, 0.5) is 11.6 Å². The van der Waals surface area contributed by atoms with E-state index in [-0.39, 0.29) is 5.91 Å². The van der Waals surface area contributed by atoms with Crippen LogP contribution in [-0.2, 0) is 16.0 Å². The molecule has 0 bridgehead atoms. The van der Waals surface area contributed by atoms with Gasteiger partial charge in [-0.25, -0.2) is 4.98 Å². The fourth-order valence-corrected chi connectivity index (χ4v) is 4.01. The van der Waals surface area contributed by atoms with Crippen molar-refractivity contribution in [3.05, 3.63) is 77.6 Å². The Labute approximate surface area is 193 Å². The van der Waals surface area contributed by atoms with Crippen LogP contribution in [0.5, 0.6) is 0 Å². The Morgan fingerprint density at radius 3 is 2.58 bits per heavy atom. The summed E-state index contributed by atoms with van der Waals surface area (Å²) in [4.78, 5) is 23.6. The minimum absolute atomic E-state index is 0.146. The summed E-state index contributed by atoms with van der Waals surface area (Å²) in [6.07, 6.45) is 4.23. The van der Waals surface area contributed by atoms with Gasteiger partial charge in [-0.1, -0.05) is 18.2 Å². The van der Waals surface area contributed by atoms with Crippen molar-refractivity contribution in [2.24, 2.45) is 0 Å². The number of amides is 1. The highest BCUT2D eigenvalue weighted by Gasteiger charge is 2.17. The van der Waals surface area contributed by atoms with Crippen molar-refractivity contribution in [3.63, 3.8) is 0 Å². The van der Waals surface area contributed by atoms with E-state index in [2.05, 4.69) is 36.3 Å². The maximum Gasteiger partial charge on any atom is 0.229 e. The highest BCUT2D eigenvalue weighted by molar-refractivity contribution is 5.80. The van der Waals surface area contributed by atoms with Crippen molar-refractivity contribution in [1.82, 2.24) is 19.4 Å². The first-order valence-electron chi connectivity index (χ1n) is 11.2. The van der Waals surface area contributed by atoms with Crippen LogP contribution in [0.25, 0.3) is 16.7 Å². The second-order valence-corrected chi connectivity index (χ2v) is 8.42. The summed E-state index contributed by atoms with van der Waals surface area (Å²) < 4.78 is 7.37. The van der Waals surface area contributed by atoms with E-state index in [4.69, 9.17) is 9.72 Å². The summed E-state index contributed by atoms with van der Waals surface area (Å²) >= 11 is 0. The normalized spacial score (nSPS) is 13.9. The van der Waals surface area contributed by atoms with Gasteiger partial charge in [0.05, 0.1) is 19.6 Å². The van der Waals surface area contributed by atoms with Crippen molar-refractivity contribution in [3.8, 4) is 5.69 Å².